The van der Waals surface area contributed by atoms with Gasteiger partial charge in [-0.1, -0.05) is 140 Å². The van der Waals surface area contributed by atoms with Gasteiger partial charge in [-0.15, -0.1) is 0 Å². The molecular weight excluding hydrogens is 432 g/mol. The van der Waals surface area contributed by atoms with Gasteiger partial charge in [-0.25, -0.2) is 0 Å². The van der Waals surface area contributed by atoms with Crippen molar-refractivity contribution in [3.05, 3.63) is 146 Å². The summed E-state index contributed by atoms with van der Waals surface area (Å²) >= 11 is 0. The lowest BCUT2D eigenvalue weighted by molar-refractivity contribution is 1.62. The van der Waals surface area contributed by atoms with Crippen LogP contribution in [-0.2, 0) is 0 Å². The van der Waals surface area contributed by atoms with Crippen LogP contribution in [0.5, 0.6) is 0 Å². The summed E-state index contributed by atoms with van der Waals surface area (Å²) in [5.41, 5.74) is 7.02. The number of rotatable bonds is 3. The van der Waals surface area contributed by atoms with Crippen molar-refractivity contribution in [1.82, 2.24) is 0 Å². The molecule has 0 heteroatoms. The van der Waals surface area contributed by atoms with Gasteiger partial charge in [0.2, 0.25) is 0 Å². The molecule has 0 N–H and O–H groups in total. The second-order valence-corrected chi connectivity index (χ2v) is 9.26. The zero-order valence-electron chi connectivity index (χ0n) is 20.8. The van der Waals surface area contributed by atoms with Crippen LogP contribution in [0.25, 0.3) is 65.7 Å². The largest absolute Gasteiger partial charge is 0.0629 e. The van der Waals surface area contributed by atoms with E-state index in [2.05, 4.69) is 127 Å². The molecule has 0 saturated carbocycles. The van der Waals surface area contributed by atoms with E-state index in [1.807, 2.05) is 12.1 Å². The zero-order valence-corrected chi connectivity index (χ0v) is 19.8. The highest BCUT2D eigenvalue weighted by atomic mass is 14.2. The average molecular weight is 458 g/mol. The molecule has 0 nitrogen and oxygen atoms in total. The Morgan fingerprint density at radius 3 is 1.58 bits per heavy atom. The number of benzene rings is 7. The Bertz CT molecular complexity index is 1920. The standard InChI is InChI=1S/C36H24/c1-2-11-27(12-3-1)35-31-14-6-8-16-33(31)36(34-17-9-7-15-32(34)35)28-21-18-26(19-22-28)30-23-20-25-10-4-5-13-29(25)24-30/h1-24H/i16D. The van der Waals surface area contributed by atoms with Gasteiger partial charge in [-0.05, 0) is 71.8 Å². The van der Waals surface area contributed by atoms with E-state index < -0.39 is 0 Å². The zero-order chi connectivity index (χ0) is 24.8. The molecule has 0 bridgehead atoms. The third kappa shape index (κ3) is 3.39. The average Bonchev–Trinajstić information content (AvgIpc) is 2.96. The molecule has 0 saturated heterocycles. The second-order valence-electron chi connectivity index (χ2n) is 9.26. The number of fused-ring (bicyclic) bond motifs is 3. The summed E-state index contributed by atoms with van der Waals surface area (Å²) < 4.78 is 8.94. The Labute approximate surface area is 212 Å². The normalized spacial score (nSPS) is 11.7. The van der Waals surface area contributed by atoms with Gasteiger partial charge in [0.05, 0.1) is 1.37 Å². The molecule has 0 radical (unpaired) electrons. The van der Waals surface area contributed by atoms with E-state index in [0.717, 1.165) is 21.9 Å². The predicted octanol–water partition coefficient (Wildman–Crippen LogP) is 10.1. The van der Waals surface area contributed by atoms with Crippen molar-refractivity contribution >= 4 is 32.3 Å². The Balaban J connectivity index is 1.47. The molecule has 168 valence electrons. The third-order valence-corrected chi connectivity index (χ3v) is 7.16. The molecule has 0 aliphatic heterocycles. The summed E-state index contributed by atoms with van der Waals surface area (Å²) in [6, 6.07) is 49.7. The molecule has 0 atom stereocenters. The van der Waals surface area contributed by atoms with Gasteiger partial charge in [-0.3, -0.25) is 0 Å². The van der Waals surface area contributed by atoms with Crippen molar-refractivity contribution in [2.75, 3.05) is 0 Å². The molecule has 36 heavy (non-hydrogen) atoms. The summed E-state index contributed by atoms with van der Waals surface area (Å²) in [4.78, 5) is 0. The fourth-order valence-electron chi connectivity index (χ4n) is 5.46. The van der Waals surface area contributed by atoms with E-state index in [9.17, 15) is 0 Å². The van der Waals surface area contributed by atoms with Crippen molar-refractivity contribution < 1.29 is 1.37 Å². The van der Waals surface area contributed by atoms with Crippen LogP contribution in [0.4, 0.5) is 0 Å². The van der Waals surface area contributed by atoms with E-state index >= 15 is 0 Å². The van der Waals surface area contributed by atoms with Crippen molar-refractivity contribution in [3.63, 3.8) is 0 Å². The van der Waals surface area contributed by atoms with Crippen LogP contribution in [0.15, 0.2) is 146 Å². The highest BCUT2D eigenvalue weighted by Crippen LogP contribution is 2.43. The molecule has 0 unspecified atom stereocenters. The second kappa shape index (κ2) is 8.52. The van der Waals surface area contributed by atoms with Gasteiger partial charge in [0.15, 0.2) is 0 Å². The minimum Gasteiger partial charge on any atom is -0.0622 e. The van der Waals surface area contributed by atoms with E-state index in [1.165, 1.54) is 43.8 Å². The number of hydrogen-bond acceptors (Lipinski definition) is 0. The maximum absolute atomic E-state index is 8.94. The van der Waals surface area contributed by atoms with Gasteiger partial charge >= 0.3 is 0 Å². The van der Waals surface area contributed by atoms with Gasteiger partial charge in [0, 0.05) is 0 Å². The van der Waals surface area contributed by atoms with Crippen LogP contribution in [0.1, 0.15) is 1.37 Å². The molecule has 0 aliphatic carbocycles. The first-order valence-corrected chi connectivity index (χ1v) is 12.4. The molecule has 0 aliphatic rings. The first kappa shape index (κ1) is 19.6. The van der Waals surface area contributed by atoms with Gasteiger partial charge in [0.25, 0.3) is 0 Å². The fourth-order valence-corrected chi connectivity index (χ4v) is 5.46. The van der Waals surface area contributed by atoms with Crippen LogP contribution < -0.4 is 0 Å². The summed E-state index contributed by atoms with van der Waals surface area (Å²) in [7, 11) is 0. The maximum atomic E-state index is 8.94. The third-order valence-electron chi connectivity index (χ3n) is 7.16. The maximum Gasteiger partial charge on any atom is 0.0629 e. The SMILES string of the molecule is [2H]c1cccc2c(-c3ccccc3)c3ccccc3c(-c3ccc(-c4ccc5ccccc5c4)cc3)c12. The molecular formula is C36H24. The molecule has 7 rings (SSSR count). The van der Waals surface area contributed by atoms with Crippen LogP contribution >= 0.6 is 0 Å². The first-order valence-electron chi connectivity index (χ1n) is 12.9. The monoisotopic (exact) mass is 457 g/mol. The highest BCUT2D eigenvalue weighted by Gasteiger charge is 2.16. The van der Waals surface area contributed by atoms with Gasteiger partial charge < -0.3 is 0 Å². The van der Waals surface area contributed by atoms with Gasteiger partial charge in [-0.2, -0.15) is 0 Å². The van der Waals surface area contributed by atoms with Crippen LogP contribution in [-0.4, -0.2) is 0 Å². The summed E-state index contributed by atoms with van der Waals surface area (Å²) in [6.07, 6.45) is 0. The quantitative estimate of drug-likeness (QED) is 0.232. The Morgan fingerprint density at radius 1 is 0.333 bits per heavy atom. The summed E-state index contributed by atoms with van der Waals surface area (Å²) in [5.74, 6) is 0. The Hall–Kier alpha value is -4.68. The van der Waals surface area contributed by atoms with Crippen molar-refractivity contribution in [2.45, 2.75) is 0 Å². The Kier molecular flexibility index (Phi) is 4.64. The minimum absolute atomic E-state index is 0.550. The lowest BCUT2D eigenvalue weighted by Crippen LogP contribution is -1.90. The minimum atomic E-state index is 0.550. The highest BCUT2D eigenvalue weighted by molar-refractivity contribution is 6.21. The lowest BCUT2D eigenvalue weighted by atomic mass is 9.86. The van der Waals surface area contributed by atoms with Crippen molar-refractivity contribution in [1.29, 1.82) is 0 Å². The van der Waals surface area contributed by atoms with Crippen LogP contribution in [0, 0.1) is 0 Å². The molecule has 7 aromatic carbocycles. The van der Waals surface area contributed by atoms with Crippen molar-refractivity contribution in [3.8, 4) is 33.4 Å². The molecule has 0 heterocycles. The van der Waals surface area contributed by atoms with Crippen molar-refractivity contribution in [2.24, 2.45) is 0 Å². The molecule has 0 aromatic heterocycles. The van der Waals surface area contributed by atoms with E-state index in [4.69, 9.17) is 1.37 Å². The summed E-state index contributed by atoms with van der Waals surface area (Å²) in [5, 5.41) is 7.00. The predicted molar refractivity (Wildman–Crippen MR) is 155 cm³/mol. The smallest absolute Gasteiger partial charge is 0.0622 e. The van der Waals surface area contributed by atoms with E-state index in [1.54, 1.807) is 0 Å². The molecule has 0 fully saturated rings. The van der Waals surface area contributed by atoms with Crippen LogP contribution in [0.3, 0.4) is 0 Å². The molecule has 0 amide bonds. The Morgan fingerprint density at radius 2 is 0.833 bits per heavy atom. The van der Waals surface area contributed by atoms with Gasteiger partial charge in [0.1, 0.15) is 0 Å². The van der Waals surface area contributed by atoms with Crippen LogP contribution in [0.2, 0.25) is 0 Å². The molecule has 7 aromatic rings. The molecule has 0 spiro atoms. The first-order chi connectivity index (χ1) is 18.3. The topological polar surface area (TPSA) is 0 Å². The fraction of sp³-hybridized carbons (Fsp3) is 0. The summed E-state index contributed by atoms with van der Waals surface area (Å²) in [6.45, 7) is 0. The van der Waals surface area contributed by atoms with E-state index in [0.29, 0.717) is 6.04 Å². The van der Waals surface area contributed by atoms with E-state index in [-0.39, 0.29) is 0 Å². The lowest BCUT2D eigenvalue weighted by Gasteiger charge is -2.18. The number of hydrogen-bond donors (Lipinski definition) is 0.